The van der Waals surface area contributed by atoms with Crippen LogP contribution < -0.4 is 5.43 Å². The lowest BCUT2D eigenvalue weighted by atomic mass is 10.0. The van der Waals surface area contributed by atoms with Crippen LogP contribution in [0, 0.1) is 17.0 Å². The van der Waals surface area contributed by atoms with Crippen LogP contribution in [0.5, 0.6) is 5.75 Å². The average molecular weight is 402 g/mol. The molecule has 150 valence electrons. The summed E-state index contributed by atoms with van der Waals surface area (Å²) in [5.41, 5.74) is 6.25. The molecule has 0 radical (unpaired) electrons. The highest BCUT2D eigenvalue weighted by Crippen LogP contribution is 2.34. The van der Waals surface area contributed by atoms with Crippen LogP contribution in [0.3, 0.4) is 0 Å². The van der Waals surface area contributed by atoms with Crippen molar-refractivity contribution in [1.29, 1.82) is 0 Å². The molecular weight excluding hydrogens is 384 g/mol. The Kier molecular flexibility index (Phi) is 4.89. The number of nitro benzene ring substituents is 1. The lowest BCUT2D eigenvalue weighted by molar-refractivity contribution is -0.384. The molecule has 30 heavy (non-hydrogen) atoms. The number of phenolic OH excluding ortho intramolecular Hbond substituents is 1. The summed E-state index contributed by atoms with van der Waals surface area (Å²) in [5, 5.41) is 22.5. The number of rotatable bonds is 4. The summed E-state index contributed by atoms with van der Waals surface area (Å²) in [6.07, 6.45) is 4.90. The molecule has 2 N–H and O–H groups in total. The normalized spacial score (nSPS) is 15.4. The zero-order valence-corrected chi connectivity index (χ0v) is 16.0. The first-order chi connectivity index (χ1) is 14.4. The Morgan fingerprint density at radius 2 is 1.93 bits per heavy atom. The van der Waals surface area contributed by atoms with Gasteiger partial charge in [-0.3, -0.25) is 25.3 Å². The number of aryl methyl sites for hydroxylation is 1. The number of hydrogen-bond donors (Lipinski definition) is 2. The number of nitrogens with one attached hydrogen (secondary N) is 1. The summed E-state index contributed by atoms with van der Waals surface area (Å²) >= 11 is 0. The zero-order valence-electron chi connectivity index (χ0n) is 16.0. The molecule has 0 saturated carbocycles. The quantitative estimate of drug-likeness (QED) is 0.508. The van der Waals surface area contributed by atoms with Crippen LogP contribution in [0.1, 0.15) is 33.1 Å². The molecule has 1 aromatic heterocycles. The molecule has 0 aliphatic carbocycles. The number of pyridine rings is 1. The minimum absolute atomic E-state index is 0.0499. The van der Waals surface area contributed by atoms with Gasteiger partial charge < -0.3 is 5.11 Å². The maximum atomic E-state index is 13.2. The van der Waals surface area contributed by atoms with Crippen LogP contribution in [0.25, 0.3) is 5.70 Å². The molecule has 8 nitrogen and oxygen atoms in total. The van der Waals surface area contributed by atoms with Crippen LogP contribution in [0.4, 0.5) is 5.69 Å². The maximum Gasteiger partial charge on any atom is 0.273 e. The van der Waals surface area contributed by atoms with Crippen molar-refractivity contribution in [2.45, 2.75) is 13.0 Å². The summed E-state index contributed by atoms with van der Waals surface area (Å²) in [6.45, 7) is 1.78. The summed E-state index contributed by atoms with van der Waals surface area (Å²) < 4.78 is 0. The molecule has 0 saturated heterocycles. The molecule has 2 heterocycles. The van der Waals surface area contributed by atoms with E-state index in [1.54, 1.807) is 49.4 Å². The molecule has 1 aliphatic rings. The first-order valence-corrected chi connectivity index (χ1v) is 9.20. The van der Waals surface area contributed by atoms with Gasteiger partial charge in [0.1, 0.15) is 5.75 Å². The van der Waals surface area contributed by atoms with Crippen molar-refractivity contribution in [3.8, 4) is 5.75 Å². The number of aromatic hydroxyl groups is 1. The van der Waals surface area contributed by atoms with Gasteiger partial charge in [0.2, 0.25) is 0 Å². The van der Waals surface area contributed by atoms with Gasteiger partial charge in [0, 0.05) is 30.1 Å². The van der Waals surface area contributed by atoms with Crippen molar-refractivity contribution in [2.75, 3.05) is 0 Å². The third kappa shape index (κ3) is 3.58. The third-order valence-electron chi connectivity index (χ3n) is 4.92. The average Bonchev–Trinajstić information content (AvgIpc) is 3.21. The van der Waals surface area contributed by atoms with E-state index >= 15 is 0 Å². The molecule has 0 fully saturated rings. The Bertz CT molecular complexity index is 1160. The van der Waals surface area contributed by atoms with Gasteiger partial charge in [-0.15, -0.1) is 0 Å². The Balaban J connectivity index is 1.77. The van der Waals surface area contributed by atoms with E-state index in [1.807, 2.05) is 6.08 Å². The van der Waals surface area contributed by atoms with Crippen LogP contribution in [-0.2, 0) is 0 Å². The van der Waals surface area contributed by atoms with E-state index in [1.165, 1.54) is 29.5 Å². The van der Waals surface area contributed by atoms with Gasteiger partial charge in [-0.2, -0.15) is 0 Å². The number of nitrogens with zero attached hydrogens (tertiary/aromatic N) is 3. The minimum atomic E-state index is -0.560. The number of nitro groups is 1. The highest BCUT2D eigenvalue weighted by Gasteiger charge is 2.32. The molecule has 0 bridgehead atoms. The number of phenols is 1. The van der Waals surface area contributed by atoms with Crippen LogP contribution in [0.2, 0.25) is 0 Å². The number of hydrazine groups is 1. The number of carbonyl (C=O) groups excluding carboxylic acids is 1. The standard InChI is InChI=1S/C22H18N4O4/c1-14-11-16(5-6-21(14)27)19-13-20(17-3-2-4-18(12-17)26(29)30)25(24-19)22(28)15-7-9-23-10-8-15/h2-13,20,24,27H,1H3. The number of carbonyl (C=O) groups is 1. The first kappa shape index (κ1) is 19.1. The van der Waals surface area contributed by atoms with E-state index in [2.05, 4.69) is 10.4 Å². The zero-order chi connectivity index (χ0) is 21.3. The second kappa shape index (κ2) is 7.67. The summed E-state index contributed by atoms with van der Waals surface area (Å²) in [4.78, 5) is 27.9. The molecule has 1 unspecified atom stereocenters. The second-order valence-corrected chi connectivity index (χ2v) is 6.90. The molecule has 2 aromatic carbocycles. The highest BCUT2D eigenvalue weighted by atomic mass is 16.6. The molecule has 1 amide bonds. The van der Waals surface area contributed by atoms with Crippen molar-refractivity contribution in [1.82, 2.24) is 15.4 Å². The fraction of sp³-hybridized carbons (Fsp3) is 0.0909. The van der Waals surface area contributed by atoms with Crippen LogP contribution in [-0.4, -0.2) is 25.9 Å². The fourth-order valence-corrected chi connectivity index (χ4v) is 3.33. The van der Waals surface area contributed by atoms with Crippen molar-refractivity contribution in [3.63, 3.8) is 0 Å². The fourth-order valence-electron chi connectivity index (χ4n) is 3.33. The van der Waals surface area contributed by atoms with Crippen molar-refractivity contribution in [2.24, 2.45) is 0 Å². The van der Waals surface area contributed by atoms with Crippen molar-refractivity contribution >= 4 is 17.3 Å². The largest absolute Gasteiger partial charge is 0.508 e. The van der Waals surface area contributed by atoms with Crippen molar-refractivity contribution < 1.29 is 14.8 Å². The van der Waals surface area contributed by atoms with E-state index in [-0.39, 0.29) is 17.3 Å². The number of non-ortho nitro benzene ring substituents is 1. The van der Waals surface area contributed by atoms with Gasteiger partial charge >= 0.3 is 0 Å². The Hall–Kier alpha value is -4.20. The molecule has 1 aliphatic heterocycles. The minimum Gasteiger partial charge on any atom is -0.508 e. The van der Waals surface area contributed by atoms with Crippen LogP contribution in [0.15, 0.2) is 73.1 Å². The van der Waals surface area contributed by atoms with Crippen molar-refractivity contribution in [3.05, 3.63) is 105 Å². The van der Waals surface area contributed by atoms with Gasteiger partial charge in [0.15, 0.2) is 0 Å². The molecular formula is C22H18N4O4. The van der Waals surface area contributed by atoms with E-state index in [0.29, 0.717) is 22.4 Å². The monoisotopic (exact) mass is 402 g/mol. The molecule has 4 rings (SSSR count). The predicted molar refractivity (Wildman–Crippen MR) is 110 cm³/mol. The SMILES string of the molecule is Cc1cc(C2=CC(c3cccc([N+](=O)[O-])c3)N(C(=O)c3ccncc3)N2)ccc1O. The molecule has 0 spiro atoms. The molecule has 1 atom stereocenters. The number of amides is 1. The van der Waals surface area contributed by atoms with E-state index in [9.17, 15) is 20.0 Å². The summed E-state index contributed by atoms with van der Waals surface area (Å²) in [5.74, 6) is -0.118. The Morgan fingerprint density at radius 3 is 2.63 bits per heavy atom. The Morgan fingerprint density at radius 1 is 1.17 bits per heavy atom. The number of benzene rings is 2. The van der Waals surface area contributed by atoms with E-state index < -0.39 is 11.0 Å². The molecule has 3 aromatic rings. The van der Waals surface area contributed by atoms with Gasteiger partial charge in [-0.25, -0.2) is 5.01 Å². The van der Waals surface area contributed by atoms with E-state index in [0.717, 1.165) is 5.56 Å². The smallest absolute Gasteiger partial charge is 0.273 e. The molecule has 8 heteroatoms. The van der Waals surface area contributed by atoms with Crippen LogP contribution >= 0.6 is 0 Å². The van der Waals surface area contributed by atoms with E-state index in [4.69, 9.17) is 0 Å². The highest BCUT2D eigenvalue weighted by molar-refractivity contribution is 5.95. The third-order valence-corrected chi connectivity index (χ3v) is 4.92. The Labute approximate surface area is 172 Å². The first-order valence-electron chi connectivity index (χ1n) is 9.20. The number of hydrogen-bond acceptors (Lipinski definition) is 6. The lowest BCUT2D eigenvalue weighted by Gasteiger charge is -2.25. The van der Waals surface area contributed by atoms with Gasteiger partial charge in [0.05, 0.1) is 16.7 Å². The predicted octanol–water partition coefficient (Wildman–Crippen LogP) is 3.75. The van der Waals surface area contributed by atoms with Gasteiger partial charge in [-0.05, 0) is 60.0 Å². The maximum absolute atomic E-state index is 13.2. The topological polar surface area (TPSA) is 109 Å². The number of aromatic nitrogens is 1. The summed E-state index contributed by atoms with van der Waals surface area (Å²) in [6, 6.07) is 14.0. The van der Waals surface area contributed by atoms with Gasteiger partial charge in [-0.1, -0.05) is 12.1 Å². The van der Waals surface area contributed by atoms with Gasteiger partial charge in [0.25, 0.3) is 11.6 Å². The lowest BCUT2D eigenvalue weighted by Crippen LogP contribution is -2.39. The second-order valence-electron chi connectivity index (χ2n) is 6.90. The summed E-state index contributed by atoms with van der Waals surface area (Å²) in [7, 11) is 0.